The van der Waals surface area contributed by atoms with Crippen LogP contribution in [0.3, 0.4) is 0 Å². The number of β-lactam (4-membered cyclic amide) rings is 1. The maximum Gasteiger partial charge on any atom is 0.355 e. The van der Waals surface area contributed by atoms with Crippen LogP contribution in [0.4, 0.5) is 0 Å². The molecular formula is C13H18ClNO6S. The van der Waals surface area contributed by atoms with Crippen LogP contribution in [-0.4, -0.2) is 61.0 Å². The van der Waals surface area contributed by atoms with Gasteiger partial charge in [-0.1, -0.05) is 0 Å². The fourth-order valence-corrected chi connectivity index (χ4v) is 5.00. The first-order chi connectivity index (χ1) is 9.99. The second-order valence-electron chi connectivity index (χ2n) is 6.19. The molecule has 22 heavy (non-hydrogen) atoms. The molecule has 0 aromatic rings. The van der Waals surface area contributed by atoms with Gasteiger partial charge in [-0.05, 0) is 20.8 Å². The van der Waals surface area contributed by atoms with E-state index >= 15 is 0 Å². The summed E-state index contributed by atoms with van der Waals surface area (Å²) in [4.78, 5) is 25.3. The highest BCUT2D eigenvalue weighted by molar-refractivity contribution is 7.92. The maximum absolute atomic E-state index is 12.4. The number of amides is 1. The van der Waals surface area contributed by atoms with Gasteiger partial charge in [0.25, 0.3) is 0 Å². The third-order valence-electron chi connectivity index (χ3n) is 3.21. The van der Waals surface area contributed by atoms with Crippen molar-refractivity contribution in [3.05, 3.63) is 11.3 Å². The number of hydrogen-bond acceptors (Lipinski definition) is 6. The number of carbonyl (C=O) groups excluding carboxylic acids is 2. The van der Waals surface area contributed by atoms with E-state index in [-0.39, 0.29) is 23.6 Å². The fourth-order valence-electron chi connectivity index (χ4n) is 2.43. The molecule has 2 atom stereocenters. The molecule has 0 aromatic carbocycles. The van der Waals surface area contributed by atoms with Crippen LogP contribution < -0.4 is 0 Å². The summed E-state index contributed by atoms with van der Waals surface area (Å²) >= 11 is 5.81. The molecule has 124 valence electrons. The molecule has 0 bridgehead atoms. The predicted octanol–water partition coefficient (Wildman–Crippen LogP) is 0.433. The van der Waals surface area contributed by atoms with Gasteiger partial charge in [-0.25, -0.2) is 13.2 Å². The topological polar surface area (TPSA) is 90.0 Å². The lowest BCUT2D eigenvalue weighted by atomic mass is 10.1. The standard InChI is InChI=1S/C13H18ClNO6S/c1-13(2,3)21-12(17)9-7(5-20-4)6-22(18,19)11-8(14)10(16)15(9)11/h8,11H,5-6H2,1-4H3/t8-,11+/m0/s1. The number of carbonyl (C=O) groups is 2. The third-order valence-corrected chi connectivity index (χ3v) is 5.75. The average Bonchev–Trinajstić information content (AvgIpc) is 2.34. The largest absolute Gasteiger partial charge is 0.455 e. The zero-order valence-electron chi connectivity index (χ0n) is 12.8. The molecule has 2 aliphatic rings. The van der Waals surface area contributed by atoms with E-state index in [1.807, 2.05) is 0 Å². The molecule has 0 N–H and O–H groups in total. The number of fused-ring (bicyclic) bond motifs is 1. The van der Waals surface area contributed by atoms with Crippen molar-refractivity contribution in [2.75, 3.05) is 19.5 Å². The zero-order chi connectivity index (χ0) is 16.9. The third kappa shape index (κ3) is 2.87. The van der Waals surface area contributed by atoms with Gasteiger partial charge in [-0.15, -0.1) is 11.6 Å². The van der Waals surface area contributed by atoms with Gasteiger partial charge in [0.1, 0.15) is 16.7 Å². The summed E-state index contributed by atoms with van der Waals surface area (Å²) in [6, 6.07) is 0. The van der Waals surface area contributed by atoms with Crippen LogP contribution in [0.2, 0.25) is 0 Å². The molecular weight excluding hydrogens is 334 g/mol. The van der Waals surface area contributed by atoms with Gasteiger partial charge in [0.15, 0.2) is 15.2 Å². The minimum atomic E-state index is -3.66. The van der Waals surface area contributed by atoms with Crippen molar-refractivity contribution in [3.8, 4) is 0 Å². The Bertz CT molecular complexity index is 648. The Hall–Kier alpha value is -1.12. The molecule has 2 rings (SSSR count). The van der Waals surface area contributed by atoms with Crippen LogP contribution in [0.1, 0.15) is 20.8 Å². The van der Waals surface area contributed by atoms with Gasteiger partial charge in [0, 0.05) is 12.7 Å². The Kier molecular flexibility index (Phi) is 4.31. The van der Waals surface area contributed by atoms with E-state index in [9.17, 15) is 18.0 Å². The SMILES string of the molecule is COCC1=C(C(=O)OC(C)(C)C)N2C(=O)[C@H](Cl)[C@H]2S(=O)(=O)C1. The Balaban J connectivity index is 2.49. The van der Waals surface area contributed by atoms with Crippen molar-refractivity contribution in [1.29, 1.82) is 0 Å². The number of nitrogens with zero attached hydrogens (tertiary/aromatic N) is 1. The maximum atomic E-state index is 12.4. The molecule has 0 unspecified atom stereocenters. The molecule has 7 nitrogen and oxygen atoms in total. The lowest BCUT2D eigenvalue weighted by molar-refractivity contribution is -0.157. The number of alkyl halides is 1. The van der Waals surface area contributed by atoms with Crippen molar-refractivity contribution in [2.45, 2.75) is 37.1 Å². The second-order valence-corrected chi connectivity index (χ2v) is 8.76. The molecule has 0 radical (unpaired) electrons. The van der Waals surface area contributed by atoms with Crippen molar-refractivity contribution in [3.63, 3.8) is 0 Å². The molecule has 0 aromatic heterocycles. The van der Waals surface area contributed by atoms with Gasteiger partial charge in [0.05, 0.1) is 12.4 Å². The first-order valence-electron chi connectivity index (χ1n) is 6.62. The van der Waals surface area contributed by atoms with Crippen LogP contribution in [0.25, 0.3) is 0 Å². The number of hydrogen-bond donors (Lipinski definition) is 0. The first-order valence-corrected chi connectivity index (χ1v) is 8.78. The van der Waals surface area contributed by atoms with E-state index in [0.29, 0.717) is 0 Å². The molecule has 9 heteroatoms. The Morgan fingerprint density at radius 1 is 1.41 bits per heavy atom. The lowest BCUT2D eigenvalue weighted by Gasteiger charge is -2.47. The van der Waals surface area contributed by atoms with Crippen LogP contribution in [-0.2, 0) is 28.9 Å². The summed E-state index contributed by atoms with van der Waals surface area (Å²) in [5, 5.41) is -2.39. The lowest BCUT2D eigenvalue weighted by Crippen LogP contribution is -2.68. The fraction of sp³-hybridized carbons (Fsp3) is 0.692. The highest BCUT2D eigenvalue weighted by Crippen LogP contribution is 2.39. The van der Waals surface area contributed by atoms with E-state index in [1.165, 1.54) is 7.11 Å². The number of sulfone groups is 1. The Morgan fingerprint density at radius 3 is 2.50 bits per heavy atom. The van der Waals surface area contributed by atoms with Gasteiger partial charge >= 0.3 is 5.97 Å². The minimum Gasteiger partial charge on any atom is -0.455 e. The summed E-state index contributed by atoms with van der Waals surface area (Å²) in [6.07, 6.45) is 0. The molecule has 2 aliphatic heterocycles. The van der Waals surface area contributed by atoms with E-state index < -0.39 is 38.1 Å². The first kappa shape index (κ1) is 17.2. The monoisotopic (exact) mass is 351 g/mol. The molecule has 2 heterocycles. The molecule has 1 amide bonds. The average molecular weight is 352 g/mol. The molecule has 0 aliphatic carbocycles. The summed E-state index contributed by atoms with van der Waals surface area (Å²) in [5.41, 5.74) is -0.647. The van der Waals surface area contributed by atoms with Crippen LogP contribution >= 0.6 is 11.6 Å². The van der Waals surface area contributed by atoms with Crippen LogP contribution in [0.5, 0.6) is 0 Å². The van der Waals surface area contributed by atoms with Gasteiger partial charge in [-0.2, -0.15) is 0 Å². The minimum absolute atomic E-state index is 0.0708. The van der Waals surface area contributed by atoms with Gasteiger partial charge in [0.2, 0.25) is 5.91 Å². The van der Waals surface area contributed by atoms with Crippen molar-refractivity contribution < 1.29 is 27.5 Å². The smallest absolute Gasteiger partial charge is 0.355 e. The van der Waals surface area contributed by atoms with E-state index in [0.717, 1.165) is 4.90 Å². The number of halogens is 1. The van der Waals surface area contributed by atoms with Crippen molar-refractivity contribution in [2.24, 2.45) is 0 Å². The quantitative estimate of drug-likeness (QED) is 0.416. The highest BCUT2D eigenvalue weighted by Gasteiger charge is 2.59. The van der Waals surface area contributed by atoms with Crippen LogP contribution in [0, 0.1) is 0 Å². The van der Waals surface area contributed by atoms with Gasteiger partial charge < -0.3 is 9.47 Å². The van der Waals surface area contributed by atoms with Crippen molar-refractivity contribution >= 4 is 33.3 Å². The number of ether oxygens (including phenoxy) is 2. The predicted molar refractivity (Wildman–Crippen MR) is 78.8 cm³/mol. The van der Waals surface area contributed by atoms with E-state index in [2.05, 4.69) is 0 Å². The molecule has 1 fully saturated rings. The van der Waals surface area contributed by atoms with Crippen molar-refractivity contribution in [1.82, 2.24) is 4.90 Å². The van der Waals surface area contributed by atoms with Crippen LogP contribution in [0.15, 0.2) is 11.3 Å². The zero-order valence-corrected chi connectivity index (χ0v) is 14.3. The summed E-state index contributed by atoms with van der Waals surface area (Å²) in [6.45, 7) is 4.96. The molecule has 0 spiro atoms. The summed E-state index contributed by atoms with van der Waals surface area (Å²) < 4.78 is 34.7. The Labute approximate surface area is 134 Å². The summed E-state index contributed by atoms with van der Waals surface area (Å²) in [7, 11) is -2.28. The normalized spacial score (nSPS) is 27.3. The van der Waals surface area contributed by atoms with E-state index in [4.69, 9.17) is 21.1 Å². The second kappa shape index (κ2) is 5.50. The molecule has 1 saturated heterocycles. The number of methoxy groups -OCH3 is 1. The van der Waals surface area contributed by atoms with E-state index in [1.54, 1.807) is 20.8 Å². The Morgan fingerprint density at radius 2 is 2.00 bits per heavy atom. The van der Waals surface area contributed by atoms with Gasteiger partial charge in [-0.3, -0.25) is 9.69 Å². The number of esters is 1. The summed E-state index contributed by atoms with van der Waals surface area (Å²) in [5.74, 6) is -1.76. The number of rotatable bonds is 3. The molecule has 0 saturated carbocycles. The highest BCUT2D eigenvalue weighted by atomic mass is 35.5.